The number of thioether (sulfide) groups is 1. The van der Waals surface area contributed by atoms with Crippen LogP contribution in [0.3, 0.4) is 0 Å². The van der Waals surface area contributed by atoms with Crippen LogP contribution >= 0.6 is 23.4 Å². The topological polar surface area (TPSA) is 76.5 Å². The van der Waals surface area contributed by atoms with E-state index in [0.29, 0.717) is 33.4 Å². The zero-order valence-electron chi connectivity index (χ0n) is 12.4. The summed E-state index contributed by atoms with van der Waals surface area (Å²) in [4.78, 5) is 19.4. The van der Waals surface area contributed by atoms with Crippen molar-refractivity contribution in [2.75, 3.05) is 0 Å². The Morgan fingerprint density at radius 2 is 2.22 bits per heavy atom. The van der Waals surface area contributed by atoms with Gasteiger partial charge in [0, 0.05) is 18.0 Å². The molecule has 0 saturated heterocycles. The summed E-state index contributed by atoms with van der Waals surface area (Å²) in [5, 5.41) is 10.3. The van der Waals surface area contributed by atoms with Crippen molar-refractivity contribution >= 4 is 34.3 Å². The van der Waals surface area contributed by atoms with Crippen molar-refractivity contribution in [3.63, 3.8) is 0 Å². The van der Waals surface area contributed by atoms with Crippen molar-refractivity contribution < 1.29 is 0 Å². The van der Waals surface area contributed by atoms with Crippen LogP contribution in [0, 0.1) is 0 Å². The van der Waals surface area contributed by atoms with Crippen molar-refractivity contribution in [3.05, 3.63) is 45.2 Å². The molecule has 0 radical (unpaired) electrons. The third kappa shape index (κ3) is 2.86. The van der Waals surface area contributed by atoms with Crippen LogP contribution in [0.25, 0.3) is 10.9 Å². The van der Waals surface area contributed by atoms with Gasteiger partial charge in [-0.1, -0.05) is 23.4 Å². The Balaban J connectivity index is 1.58. The van der Waals surface area contributed by atoms with Gasteiger partial charge in [0.15, 0.2) is 5.16 Å². The second-order valence-corrected chi connectivity index (χ2v) is 7.02. The minimum Gasteiger partial charge on any atom is -0.309 e. The second kappa shape index (κ2) is 5.65. The summed E-state index contributed by atoms with van der Waals surface area (Å²) in [7, 11) is 1.98. The standard InChI is InChI=1S/C15H14ClN5OS/c1-21-13(8-2-3-8)19-20-15(21)23-7-12-17-11-5-4-9(16)6-10(11)14(22)18-12/h4-6,8H,2-3,7H2,1H3,(H,17,18,22). The number of hydrogen-bond acceptors (Lipinski definition) is 5. The predicted molar refractivity (Wildman–Crippen MR) is 89.9 cm³/mol. The summed E-state index contributed by atoms with van der Waals surface area (Å²) < 4.78 is 2.03. The van der Waals surface area contributed by atoms with Crippen LogP contribution in [-0.2, 0) is 12.8 Å². The molecule has 8 heteroatoms. The number of nitrogens with zero attached hydrogens (tertiary/aromatic N) is 4. The summed E-state index contributed by atoms with van der Waals surface area (Å²) in [5.41, 5.74) is 0.468. The molecule has 1 aliphatic rings. The maximum atomic E-state index is 12.1. The highest BCUT2D eigenvalue weighted by Gasteiger charge is 2.29. The molecule has 1 aromatic carbocycles. The molecule has 3 aromatic rings. The van der Waals surface area contributed by atoms with Gasteiger partial charge in [-0.3, -0.25) is 4.79 Å². The minimum absolute atomic E-state index is 0.176. The zero-order chi connectivity index (χ0) is 16.0. The lowest BCUT2D eigenvalue weighted by atomic mass is 10.2. The van der Waals surface area contributed by atoms with Crippen LogP contribution in [0.4, 0.5) is 0 Å². The van der Waals surface area contributed by atoms with E-state index in [-0.39, 0.29) is 5.56 Å². The van der Waals surface area contributed by atoms with E-state index >= 15 is 0 Å². The molecule has 0 aliphatic heterocycles. The van der Waals surface area contributed by atoms with Crippen molar-refractivity contribution in [3.8, 4) is 0 Å². The van der Waals surface area contributed by atoms with E-state index in [2.05, 4.69) is 20.2 Å². The fraction of sp³-hybridized carbons (Fsp3) is 0.333. The third-order valence-electron chi connectivity index (χ3n) is 3.87. The molecule has 23 heavy (non-hydrogen) atoms. The Bertz CT molecular complexity index is 947. The normalized spacial score (nSPS) is 14.5. The van der Waals surface area contributed by atoms with E-state index in [9.17, 15) is 4.79 Å². The Morgan fingerprint density at radius 1 is 1.39 bits per heavy atom. The monoisotopic (exact) mass is 347 g/mol. The van der Waals surface area contributed by atoms with Gasteiger partial charge in [0.25, 0.3) is 5.56 Å². The summed E-state index contributed by atoms with van der Waals surface area (Å²) in [6.45, 7) is 0. The zero-order valence-corrected chi connectivity index (χ0v) is 14.0. The molecule has 2 heterocycles. The molecular formula is C15H14ClN5OS. The maximum Gasteiger partial charge on any atom is 0.258 e. The van der Waals surface area contributed by atoms with Crippen molar-refractivity contribution in [2.24, 2.45) is 7.05 Å². The molecule has 0 atom stereocenters. The highest BCUT2D eigenvalue weighted by molar-refractivity contribution is 7.98. The number of aromatic nitrogens is 5. The summed E-state index contributed by atoms with van der Waals surface area (Å²) in [5.74, 6) is 2.75. The number of nitrogens with one attached hydrogen (secondary N) is 1. The number of aromatic amines is 1. The number of benzene rings is 1. The first-order valence-electron chi connectivity index (χ1n) is 7.32. The average Bonchev–Trinajstić information content (AvgIpc) is 3.30. The van der Waals surface area contributed by atoms with Gasteiger partial charge in [0.1, 0.15) is 11.6 Å². The van der Waals surface area contributed by atoms with Crippen LogP contribution < -0.4 is 5.56 Å². The SMILES string of the molecule is Cn1c(SCc2nc3ccc(Cl)cc3c(=O)[nH]2)nnc1C1CC1. The van der Waals surface area contributed by atoms with Crippen molar-refractivity contribution in [1.29, 1.82) is 0 Å². The first-order valence-corrected chi connectivity index (χ1v) is 8.69. The number of hydrogen-bond donors (Lipinski definition) is 1. The van der Waals surface area contributed by atoms with Gasteiger partial charge < -0.3 is 9.55 Å². The molecule has 0 unspecified atom stereocenters. The fourth-order valence-corrected chi connectivity index (χ4v) is 3.47. The molecule has 2 aromatic heterocycles. The molecule has 1 N–H and O–H groups in total. The van der Waals surface area contributed by atoms with E-state index in [1.165, 1.54) is 24.6 Å². The van der Waals surface area contributed by atoms with Crippen LogP contribution in [0.5, 0.6) is 0 Å². The van der Waals surface area contributed by atoms with Crippen molar-refractivity contribution in [1.82, 2.24) is 24.7 Å². The molecule has 6 nitrogen and oxygen atoms in total. The molecular weight excluding hydrogens is 334 g/mol. The van der Waals surface area contributed by atoms with Gasteiger partial charge in [-0.25, -0.2) is 4.98 Å². The smallest absolute Gasteiger partial charge is 0.258 e. The minimum atomic E-state index is -0.176. The van der Waals surface area contributed by atoms with Gasteiger partial charge in [-0.15, -0.1) is 10.2 Å². The second-order valence-electron chi connectivity index (χ2n) is 5.64. The van der Waals surface area contributed by atoms with E-state index in [1.54, 1.807) is 18.2 Å². The molecule has 1 saturated carbocycles. The number of fused-ring (bicyclic) bond motifs is 1. The molecule has 0 bridgehead atoms. The van der Waals surface area contributed by atoms with Gasteiger partial charge >= 0.3 is 0 Å². The molecule has 118 valence electrons. The number of rotatable bonds is 4. The summed E-state index contributed by atoms with van der Waals surface area (Å²) in [6, 6.07) is 5.12. The van der Waals surface area contributed by atoms with Crippen LogP contribution in [0.15, 0.2) is 28.2 Å². The van der Waals surface area contributed by atoms with Gasteiger partial charge in [-0.05, 0) is 31.0 Å². The van der Waals surface area contributed by atoms with Gasteiger partial charge in [-0.2, -0.15) is 0 Å². The Labute approximate surface area is 141 Å². The lowest BCUT2D eigenvalue weighted by molar-refractivity contribution is 0.736. The van der Waals surface area contributed by atoms with Crippen LogP contribution in [0.2, 0.25) is 5.02 Å². The lowest BCUT2D eigenvalue weighted by Gasteiger charge is -2.04. The first-order chi connectivity index (χ1) is 11.1. The van der Waals surface area contributed by atoms with Gasteiger partial charge in [0.05, 0.1) is 16.7 Å². The molecule has 0 amide bonds. The van der Waals surface area contributed by atoms with E-state index in [4.69, 9.17) is 11.6 Å². The molecule has 0 spiro atoms. The first kappa shape index (κ1) is 14.7. The maximum absolute atomic E-state index is 12.1. The quantitative estimate of drug-likeness (QED) is 0.734. The van der Waals surface area contributed by atoms with E-state index in [1.807, 2.05) is 11.6 Å². The largest absolute Gasteiger partial charge is 0.309 e. The number of halogens is 1. The summed E-state index contributed by atoms with van der Waals surface area (Å²) in [6.07, 6.45) is 2.39. The Kier molecular flexibility index (Phi) is 3.61. The van der Waals surface area contributed by atoms with E-state index < -0.39 is 0 Å². The van der Waals surface area contributed by atoms with Crippen molar-refractivity contribution in [2.45, 2.75) is 29.7 Å². The molecule has 1 fully saturated rings. The van der Waals surface area contributed by atoms with Crippen LogP contribution in [0.1, 0.15) is 30.4 Å². The highest BCUT2D eigenvalue weighted by Crippen LogP contribution is 2.39. The molecule has 4 rings (SSSR count). The highest BCUT2D eigenvalue weighted by atomic mass is 35.5. The Morgan fingerprint density at radius 3 is 3.00 bits per heavy atom. The average molecular weight is 348 g/mol. The fourth-order valence-electron chi connectivity index (χ4n) is 2.51. The Hall–Kier alpha value is -1.86. The predicted octanol–water partition coefficient (Wildman–Crippen LogP) is 2.87. The summed E-state index contributed by atoms with van der Waals surface area (Å²) >= 11 is 7.44. The number of H-pyrrole nitrogens is 1. The van der Waals surface area contributed by atoms with Crippen LogP contribution in [-0.4, -0.2) is 24.7 Å². The van der Waals surface area contributed by atoms with E-state index in [0.717, 1.165) is 11.0 Å². The third-order valence-corrected chi connectivity index (χ3v) is 5.13. The van der Waals surface area contributed by atoms with Gasteiger partial charge in [0.2, 0.25) is 0 Å². The lowest BCUT2D eigenvalue weighted by Crippen LogP contribution is -2.11. The molecule has 1 aliphatic carbocycles.